The molecule has 0 saturated carbocycles. The average Bonchev–Trinajstić information content (AvgIpc) is 2.90. The lowest BCUT2D eigenvalue weighted by Crippen LogP contribution is -2.32. The van der Waals surface area contributed by atoms with Gasteiger partial charge in [-0.1, -0.05) is 78.3 Å². The third-order valence-electron chi connectivity index (χ3n) is 6.28. The van der Waals surface area contributed by atoms with E-state index in [2.05, 4.69) is 47.9 Å². The third kappa shape index (κ3) is 4.86. The maximum absolute atomic E-state index is 11.8. The maximum atomic E-state index is 11.8. The van der Waals surface area contributed by atoms with Crippen LogP contribution in [0, 0.1) is 0 Å². The van der Waals surface area contributed by atoms with Gasteiger partial charge in [-0.3, -0.25) is 14.9 Å². The van der Waals surface area contributed by atoms with Crippen molar-refractivity contribution in [1.82, 2.24) is 5.32 Å². The minimum Gasteiger partial charge on any atom is -0.502 e. The van der Waals surface area contributed by atoms with Crippen molar-refractivity contribution in [3.05, 3.63) is 133 Å². The molecule has 1 unspecified atom stereocenters. The molecule has 5 nitrogen and oxygen atoms in total. The molecular weight excluding hydrogens is 495 g/mol. The van der Waals surface area contributed by atoms with Gasteiger partial charge in [-0.2, -0.15) is 0 Å². The Morgan fingerprint density at radius 3 is 2.25 bits per heavy atom. The lowest BCUT2D eigenvalue weighted by molar-refractivity contribution is 0.466. The van der Waals surface area contributed by atoms with Gasteiger partial charge in [-0.15, -0.1) is 12.4 Å². The van der Waals surface area contributed by atoms with Crippen LogP contribution in [0.1, 0.15) is 35.7 Å². The van der Waals surface area contributed by atoms with Gasteiger partial charge in [0.25, 0.3) is 10.9 Å². The van der Waals surface area contributed by atoms with Crippen molar-refractivity contribution < 1.29 is 5.11 Å². The predicted molar refractivity (Wildman–Crippen MR) is 149 cm³/mol. The number of hydrogen-bond acceptors (Lipinski definition) is 5. The van der Waals surface area contributed by atoms with Crippen LogP contribution in [0.15, 0.2) is 101 Å². The fourth-order valence-electron chi connectivity index (χ4n) is 4.44. The molecule has 2 atom stereocenters. The van der Waals surface area contributed by atoms with E-state index in [4.69, 9.17) is 11.6 Å². The molecule has 5 aromatic rings. The number of aromatic hydroxyl groups is 1. The van der Waals surface area contributed by atoms with Crippen molar-refractivity contribution in [3.63, 3.8) is 0 Å². The van der Waals surface area contributed by atoms with Gasteiger partial charge >= 0.3 is 0 Å². The maximum Gasteiger partial charge on any atom is 0.271 e. The topological polar surface area (TPSA) is 78.4 Å². The number of anilines is 2. The summed E-state index contributed by atoms with van der Waals surface area (Å²) < 4.78 is 0. The van der Waals surface area contributed by atoms with Crippen LogP contribution in [0.3, 0.4) is 0 Å². The molecule has 0 heterocycles. The Balaban J connectivity index is 0.00000304. The van der Waals surface area contributed by atoms with Crippen LogP contribution >= 0.6 is 24.0 Å². The van der Waals surface area contributed by atoms with E-state index >= 15 is 0 Å². The second-order valence-electron chi connectivity index (χ2n) is 8.57. The second-order valence-corrected chi connectivity index (χ2v) is 9.01. The molecule has 5 rings (SSSR count). The van der Waals surface area contributed by atoms with E-state index in [1.807, 2.05) is 54.6 Å². The van der Waals surface area contributed by atoms with Crippen molar-refractivity contribution in [2.75, 3.05) is 5.32 Å². The second kappa shape index (κ2) is 10.5. The van der Waals surface area contributed by atoms with Gasteiger partial charge in [0.1, 0.15) is 5.69 Å². The minimum absolute atomic E-state index is 0. The molecule has 0 bridgehead atoms. The summed E-state index contributed by atoms with van der Waals surface area (Å²) in [6.45, 7) is 2.13. The molecule has 7 heteroatoms. The molecule has 3 N–H and O–H groups in total. The molecule has 0 aliphatic carbocycles. The van der Waals surface area contributed by atoms with E-state index in [0.29, 0.717) is 10.7 Å². The quantitative estimate of drug-likeness (QED) is 0.217. The summed E-state index contributed by atoms with van der Waals surface area (Å²) in [5.74, 6) is -0.530. The molecular formula is C29H24Cl2N2O3. The highest BCUT2D eigenvalue weighted by atomic mass is 35.5. The third-order valence-corrected chi connectivity index (χ3v) is 6.54. The van der Waals surface area contributed by atoms with E-state index in [1.165, 1.54) is 16.3 Å². The summed E-state index contributed by atoms with van der Waals surface area (Å²) in [6.07, 6.45) is 0. The Morgan fingerprint density at radius 1 is 0.806 bits per heavy atom. The van der Waals surface area contributed by atoms with E-state index in [1.54, 1.807) is 6.07 Å². The van der Waals surface area contributed by atoms with E-state index in [9.17, 15) is 14.7 Å². The SMILES string of the molecule is C[C@@H](NC(c1ccc(Cl)cc1)c1cccc(Nc2c(O)c(=O)c2=O)c1)c1cccc2ccccc12.Cl. The first-order valence-electron chi connectivity index (χ1n) is 11.3. The van der Waals surface area contributed by atoms with Crippen molar-refractivity contribution in [2.45, 2.75) is 19.0 Å². The summed E-state index contributed by atoms with van der Waals surface area (Å²) in [5.41, 5.74) is 2.09. The van der Waals surface area contributed by atoms with Crippen LogP contribution in [0.5, 0.6) is 5.75 Å². The van der Waals surface area contributed by atoms with Crippen LogP contribution in [0.2, 0.25) is 5.02 Å². The zero-order valence-electron chi connectivity index (χ0n) is 19.4. The summed E-state index contributed by atoms with van der Waals surface area (Å²) in [5, 5.41) is 19.4. The molecule has 0 spiro atoms. The molecule has 0 amide bonds. The molecule has 0 aromatic heterocycles. The minimum atomic E-state index is -0.867. The molecule has 0 aliphatic heterocycles. The molecule has 5 aromatic carbocycles. The lowest BCUT2D eigenvalue weighted by Gasteiger charge is -2.26. The standard InChI is InChI=1S/C29H23ClN2O3.ClH/c1-17(23-11-5-7-18-6-2-3-10-24(18)23)31-25(19-12-14-21(30)15-13-19)20-8-4-9-22(16-20)32-26-27(33)29(35)28(26)34;/h2-17,25,31-33H,1H3;1H/t17-,25?;/m1./s1. The van der Waals surface area contributed by atoms with Gasteiger partial charge in [0, 0.05) is 16.8 Å². The van der Waals surface area contributed by atoms with Crippen LogP contribution in [0.4, 0.5) is 11.4 Å². The van der Waals surface area contributed by atoms with Crippen molar-refractivity contribution in [1.29, 1.82) is 0 Å². The van der Waals surface area contributed by atoms with Crippen LogP contribution in [-0.2, 0) is 0 Å². The summed E-state index contributed by atoms with van der Waals surface area (Å²) >= 11 is 6.15. The number of halogens is 2. The molecule has 36 heavy (non-hydrogen) atoms. The predicted octanol–water partition coefficient (Wildman–Crippen LogP) is 6.40. The van der Waals surface area contributed by atoms with Crippen molar-refractivity contribution >= 4 is 46.2 Å². The number of nitrogens with one attached hydrogen (secondary N) is 2. The summed E-state index contributed by atoms with van der Waals surface area (Å²) in [6, 6.07) is 29.7. The fourth-order valence-corrected chi connectivity index (χ4v) is 4.57. The molecule has 0 saturated heterocycles. The van der Waals surface area contributed by atoms with E-state index < -0.39 is 16.6 Å². The van der Waals surface area contributed by atoms with E-state index in [0.717, 1.165) is 11.1 Å². The highest BCUT2D eigenvalue weighted by Gasteiger charge is 2.22. The first kappa shape index (κ1) is 25.5. The Morgan fingerprint density at radius 2 is 1.50 bits per heavy atom. The summed E-state index contributed by atoms with van der Waals surface area (Å²) in [7, 11) is 0. The average molecular weight is 519 g/mol. The Bertz CT molecular complexity index is 1590. The molecule has 0 fully saturated rings. The molecule has 182 valence electrons. The van der Waals surface area contributed by atoms with Crippen molar-refractivity contribution in [3.8, 4) is 5.75 Å². The molecule has 0 radical (unpaired) electrons. The lowest BCUT2D eigenvalue weighted by atomic mass is 9.94. The number of benzene rings is 4. The van der Waals surface area contributed by atoms with Crippen LogP contribution < -0.4 is 21.5 Å². The van der Waals surface area contributed by atoms with Crippen LogP contribution in [0.25, 0.3) is 10.8 Å². The normalized spacial score (nSPS) is 12.7. The van der Waals surface area contributed by atoms with Gasteiger partial charge in [0.15, 0.2) is 5.75 Å². The van der Waals surface area contributed by atoms with Gasteiger partial charge in [0.05, 0.1) is 6.04 Å². The Labute approximate surface area is 219 Å². The first-order valence-corrected chi connectivity index (χ1v) is 11.7. The van der Waals surface area contributed by atoms with Crippen LogP contribution in [-0.4, -0.2) is 5.11 Å². The highest BCUT2D eigenvalue weighted by Crippen LogP contribution is 2.32. The zero-order chi connectivity index (χ0) is 24.5. The zero-order valence-corrected chi connectivity index (χ0v) is 20.9. The van der Waals surface area contributed by atoms with Gasteiger partial charge in [0.2, 0.25) is 0 Å². The van der Waals surface area contributed by atoms with Gasteiger partial charge in [-0.05, 0) is 58.7 Å². The number of hydrogen-bond donors (Lipinski definition) is 3. The smallest absolute Gasteiger partial charge is 0.271 e. The van der Waals surface area contributed by atoms with Gasteiger partial charge < -0.3 is 10.4 Å². The van der Waals surface area contributed by atoms with E-state index in [-0.39, 0.29) is 30.2 Å². The summed E-state index contributed by atoms with van der Waals surface area (Å²) in [4.78, 5) is 23.2. The largest absolute Gasteiger partial charge is 0.502 e. The molecule has 0 aliphatic rings. The monoisotopic (exact) mass is 518 g/mol. The number of rotatable bonds is 7. The Hall–Kier alpha value is -3.64. The highest BCUT2D eigenvalue weighted by molar-refractivity contribution is 6.30. The van der Waals surface area contributed by atoms with Gasteiger partial charge in [-0.25, -0.2) is 0 Å². The number of fused-ring (bicyclic) bond motifs is 1. The fraction of sp³-hybridized carbons (Fsp3) is 0.103. The van der Waals surface area contributed by atoms with Crippen molar-refractivity contribution in [2.24, 2.45) is 0 Å². The Kier molecular flexibility index (Phi) is 7.45. The first-order chi connectivity index (χ1) is 16.9.